The molecular weight excluding hydrogens is 367 g/mol. The number of aldehydes is 1. The van der Waals surface area contributed by atoms with Gasteiger partial charge >= 0.3 is 19.8 Å². The molecule has 0 aliphatic rings. The van der Waals surface area contributed by atoms with E-state index in [1.807, 2.05) is 0 Å². The van der Waals surface area contributed by atoms with Crippen molar-refractivity contribution in [2.75, 3.05) is 34.0 Å². The van der Waals surface area contributed by atoms with Gasteiger partial charge in [-0.1, -0.05) is 6.58 Å². The van der Waals surface area contributed by atoms with Crippen LogP contribution < -0.4 is 0 Å². The number of carbonyl (C=O) groups is 3. The van der Waals surface area contributed by atoms with Crippen LogP contribution >= 0.6 is 7.82 Å². The number of hydrogen-bond acceptors (Lipinski definition) is 9. The highest BCUT2D eigenvalue weighted by atomic mass is 31.2. The Balaban J connectivity index is 5.33. The van der Waals surface area contributed by atoms with Crippen molar-refractivity contribution in [3.05, 3.63) is 12.2 Å². The molecule has 0 saturated carbocycles. The van der Waals surface area contributed by atoms with Crippen LogP contribution in [0.5, 0.6) is 0 Å². The zero-order chi connectivity index (χ0) is 20.2. The van der Waals surface area contributed by atoms with Gasteiger partial charge in [-0.25, -0.2) is 4.57 Å². The Morgan fingerprint density at radius 1 is 1.04 bits per heavy atom. The van der Waals surface area contributed by atoms with Crippen LogP contribution in [0.1, 0.15) is 33.1 Å². The average Bonchev–Trinajstić information content (AvgIpc) is 2.62. The van der Waals surface area contributed by atoms with Crippen molar-refractivity contribution < 1.29 is 42.0 Å². The highest BCUT2D eigenvalue weighted by molar-refractivity contribution is 7.48. The second-order valence-corrected chi connectivity index (χ2v) is 6.92. The number of esters is 2. The fourth-order valence-corrected chi connectivity index (χ4v) is 3.49. The summed E-state index contributed by atoms with van der Waals surface area (Å²) < 4.78 is 36.9. The summed E-state index contributed by atoms with van der Waals surface area (Å²) in [6.07, 6.45) is 0.189. The van der Waals surface area contributed by atoms with E-state index in [2.05, 4.69) is 6.58 Å². The lowest BCUT2D eigenvalue weighted by molar-refractivity contribution is -0.169. The molecule has 0 unspecified atom stereocenters. The topological polar surface area (TPSA) is 114 Å². The standard InChI is InChI=1S/C16H27O9P/c1-6-23-26(20,24-7-2)25-12-13(3)11-16(9-8-10-17,14(18)21-4)15(19)22-5/h10H,3,6-9,11-12H2,1-2,4-5H3. The number of hydrogen-bond donors (Lipinski definition) is 0. The van der Waals surface area contributed by atoms with Gasteiger partial charge in [0.05, 0.1) is 34.0 Å². The Kier molecular flexibility index (Phi) is 11.2. The first-order valence-electron chi connectivity index (χ1n) is 8.06. The highest BCUT2D eigenvalue weighted by Gasteiger charge is 2.48. The lowest BCUT2D eigenvalue weighted by Crippen LogP contribution is -2.42. The molecule has 0 aromatic heterocycles. The van der Waals surface area contributed by atoms with Crippen molar-refractivity contribution in [3.8, 4) is 0 Å². The molecule has 0 radical (unpaired) electrons. The normalized spacial score (nSPS) is 11.7. The van der Waals surface area contributed by atoms with Crippen molar-refractivity contribution in [2.24, 2.45) is 5.41 Å². The second kappa shape index (κ2) is 12.0. The fraction of sp³-hybridized carbons (Fsp3) is 0.688. The Bertz CT molecular complexity index is 518. The van der Waals surface area contributed by atoms with E-state index in [0.717, 1.165) is 14.2 Å². The molecule has 0 aromatic rings. The molecule has 0 atom stereocenters. The molecule has 9 nitrogen and oxygen atoms in total. The number of ether oxygens (including phenoxy) is 2. The largest absolute Gasteiger partial charge is 0.475 e. The van der Waals surface area contributed by atoms with Crippen LogP contribution in [-0.2, 0) is 42.0 Å². The lowest BCUT2D eigenvalue weighted by Gasteiger charge is -2.28. The SMILES string of the molecule is C=C(COP(=O)(OCC)OCC)CC(CCC=O)(C(=O)OC)C(=O)OC. The molecule has 0 heterocycles. The fourth-order valence-electron chi connectivity index (χ4n) is 2.29. The minimum atomic E-state index is -3.77. The van der Waals surface area contributed by atoms with Crippen molar-refractivity contribution in [3.63, 3.8) is 0 Å². The Labute approximate surface area is 153 Å². The summed E-state index contributed by atoms with van der Waals surface area (Å²) in [6.45, 7) is 6.93. The van der Waals surface area contributed by atoms with Gasteiger partial charge in [-0.3, -0.25) is 23.2 Å². The number of rotatable bonds is 14. The first-order valence-corrected chi connectivity index (χ1v) is 9.52. The van der Waals surface area contributed by atoms with Gasteiger partial charge in [-0.2, -0.15) is 0 Å². The Hall–Kier alpha value is -1.54. The van der Waals surface area contributed by atoms with Crippen LogP contribution in [-0.4, -0.2) is 52.3 Å². The van der Waals surface area contributed by atoms with Crippen LogP contribution in [0.15, 0.2) is 12.2 Å². The highest BCUT2D eigenvalue weighted by Crippen LogP contribution is 2.49. The number of carbonyl (C=O) groups excluding carboxylic acids is 3. The first-order chi connectivity index (χ1) is 12.2. The molecule has 0 N–H and O–H groups in total. The summed E-state index contributed by atoms with van der Waals surface area (Å²) in [6, 6.07) is 0. The number of phosphoric ester groups is 1. The van der Waals surface area contributed by atoms with Crippen LogP contribution in [0.3, 0.4) is 0 Å². The van der Waals surface area contributed by atoms with Crippen molar-refractivity contribution in [2.45, 2.75) is 33.1 Å². The van der Waals surface area contributed by atoms with Crippen molar-refractivity contribution in [1.82, 2.24) is 0 Å². The van der Waals surface area contributed by atoms with E-state index in [4.69, 9.17) is 23.0 Å². The summed E-state index contributed by atoms with van der Waals surface area (Å²) >= 11 is 0. The predicted octanol–water partition coefficient (Wildman–Crippen LogP) is 2.44. The van der Waals surface area contributed by atoms with Gasteiger partial charge in [0.2, 0.25) is 0 Å². The van der Waals surface area contributed by atoms with E-state index < -0.39 is 25.2 Å². The maximum absolute atomic E-state index is 12.3. The molecule has 0 bridgehead atoms. The molecule has 10 heteroatoms. The zero-order valence-corrected chi connectivity index (χ0v) is 16.5. The third kappa shape index (κ3) is 6.99. The van der Waals surface area contributed by atoms with E-state index in [0.29, 0.717) is 6.29 Å². The average molecular weight is 394 g/mol. The molecule has 0 spiro atoms. The molecule has 0 rings (SSSR count). The van der Waals surface area contributed by atoms with E-state index in [-0.39, 0.29) is 44.7 Å². The van der Waals surface area contributed by atoms with Gasteiger partial charge < -0.3 is 14.3 Å². The second-order valence-electron chi connectivity index (χ2n) is 5.25. The van der Waals surface area contributed by atoms with Gasteiger partial charge in [0.1, 0.15) is 6.29 Å². The predicted molar refractivity (Wildman–Crippen MR) is 92.3 cm³/mol. The first kappa shape index (κ1) is 24.5. The Morgan fingerprint density at radius 3 is 1.92 bits per heavy atom. The minimum Gasteiger partial charge on any atom is -0.468 e. The molecule has 150 valence electrons. The number of methoxy groups -OCH3 is 2. The molecule has 0 aliphatic heterocycles. The van der Waals surface area contributed by atoms with Crippen molar-refractivity contribution in [1.29, 1.82) is 0 Å². The third-order valence-electron chi connectivity index (χ3n) is 3.39. The summed E-state index contributed by atoms with van der Waals surface area (Å²) in [5.74, 6) is -1.71. The van der Waals surface area contributed by atoms with Gasteiger partial charge in [0.15, 0.2) is 5.41 Å². The monoisotopic (exact) mass is 394 g/mol. The number of phosphoric acid groups is 1. The van der Waals surface area contributed by atoms with E-state index in [1.165, 1.54) is 0 Å². The molecule has 0 fully saturated rings. The smallest absolute Gasteiger partial charge is 0.468 e. The molecule has 0 aliphatic carbocycles. The summed E-state index contributed by atoms with van der Waals surface area (Å²) in [7, 11) is -1.52. The molecule has 0 saturated heterocycles. The van der Waals surface area contributed by atoms with Crippen LogP contribution in [0, 0.1) is 5.41 Å². The van der Waals surface area contributed by atoms with Crippen LogP contribution in [0.25, 0.3) is 0 Å². The Morgan fingerprint density at radius 2 is 1.54 bits per heavy atom. The zero-order valence-electron chi connectivity index (χ0n) is 15.6. The molecular formula is C16H27O9P. The molecule has 26 heavy (non-hydrogen) atoms. The quantitative estimate of drug-likeness (QED) is 0.144. The van der Waals surface area contributed by atoms with Gasteiger partial charge in [-0.05, 0) is 32.3 Å². The van der Waals surface area contributed by atoms with E-state index in [9.17, 15) is 18.9 Å². The summed E-state index contributed by atoms with van der Waals surface area (Å²) in [4.78, 5) is 35.3. The van der Waals surface area contributed by atoms with Crippen LogP contribution in [0.4, 0.5) is 0 Å². The van der Waals surface area contributed by atoms with E-state index >= 15 is 0 Å². The maximum Gasteiger partial charge on any atom is 0.475 e. The molecule has 0 amide bonds. The van der Waals surface area contributed by atoms with Crippen LogP contribution in [0.2, 0.25) is 0 Å². The summed E-state index contributed by atoms with van der Waals surface area (Å²) in [5.41, 5.74) is -1.49. The lowest BCUT2D eigenvalue weighted by atomic mass is 9.78. The summed E-state index contributed by atoms with van der Waals surface area (Å²) in [5, 5.41) is 0. The van der Waals surface area contributed by atoms with Gasteiger partial charge in [0, 0.05) is 6.42 Å². The molecule has 0 aromatic carbocycles. The van der Waals surface area contributed by atoms with Crippen molar-refractivity contribution >= 4 is 26.0 Å². The minimum absolute atomic E-state index is 0.0608. The third-order valence-corrected chi connectivity index (χ3v) is 4.99. The van der Waals surface area contributed by atoms with Gasteiger partial charge in [0.25, 0.3) is 0 Å². The maximum atomic E-state index is 12.3. The van der Waals surface area contributed by atoms with Gasteiger partial charge in [-0.15, -0.1) is 0 Å². The van der Waals surface area contributed by atoms with E-state index in [1.54, 1.807) is 13.8 Å².